The molecule has 2 heterocycles. The number of aromatic nitrogens is 1. The van der Waals surface area contributed by atoms with Crippen LogP contribution >= 0.6 is 0 Å². The minimum atomic E-state index is 0.661. The van der Waals surface area contributed by atoms with Crippen molar-refractivity contribution in [2.75, 3.05) is 31.6 Å². The summed E-state index contributed by atoms with van der Waals surface area (Å²) in [7, 11) is 1.98. The zero-order valence-corrected chi connectivity index (χ0v) is 10.4. The van der Waals surface area contributed by atoms with Gasteiger partial charge in [0.1, 0.15) is 11.9 Å². The average Bonchev–Trinajstić information content (AvgIpc) is 2.78. The molecule has 0 spiro atoms. The molecule has 0 aliphatic carbocycles. The Morgan fingerprint density at radius 1 is 1.65 bits per heavy atom. The highest BCUT2D eigenvalue weighted by Gasteiger charge is 2.25. The molecule has 2 rings (SSSR count). The van der Waals surface area contributed by atoms with Crippen molar-refractivity contribution in [3.63, 3.8) is 0 Å². The second kappa shape index (κ2) is 5.15. The van der Waals surface area contributed by atoms with Gasteiger partial charge in [0.25, 0.3) is 0 Å². The number of pyridine rings is 1. The summed E-state index contributed by atoms with van der Waals surface area (Å²) in [6, 6.07) is 4.16. The number of rotatable bonds is 3. The highest BCUT2D eigenvalue weighted by atomic mass is 15.2. The van der Waals surface area contributed by atoms with E-state index in [9.17, 15) is 5.26 Å². The molecule has 1 aliphatic heterocycles. The Bertz CT molecular complexity index is 436. The Labute approximate surface area is 102 Å². The predicted molar refractivity (Wildman–Crippen MR) is 67.9 cm³/mol. The van der Waals surface area contributed by atoms with Crippen molar-refractivity contribution in [3.05, 3.63) is 23.4 Å². The highest BCUT2D eigenvalue weighted by Crippen LogP contribution is 2.26. The van der Waals surface area contributed by atoms with E-state index >= 15 is 0 Å². The Kier molecular flexibility index (Phi) is 3.60. The van der Waals surface area contributed by atoms with Crippen LogP contribution < -0.4 is 10.2 Å². The summed E-state index contributed by atoms with van der Waals surface area (Å²) in [5.74, 6) is 1.51. The van der Waals surface area contributed by atoms with Gasteiger partial charge in [0.05, 0.1) is 5.56 Å². The van der Waals surface area contributed by atoms with E-state index in [2.05, 4.69) is 21.3 Å². The van der Waals surface area contributed by atoms with Gasteiger partial charge in [0, 0.05) is 19.3 Å². The van der Waals surface area contributed by atoms with E-state index in [-0.39, 0.29) is 0 Å². The lowest BCUT2D eigenvalue weighted by Gasteiger charge is -2.19. The van der Waals surface area contributed by atoms with E-state index in [1.54, 1.807) is 6.20 Å². The molecule has 1 fully saturated rings. The van der Waals surface area contributed by atoms with Crippen molar-refractivity contribution >= 4 is 5.82 Å². The van der Waals surface area contributed by atoms with Gasteiger partial charge >= 0.3 is 0 Å². The molecule has 4 nitrogen and oxygen atoms in total. The topological polar surface area (TPSA) is 52.0 Å². The number of aryl methyl sites for hydroxylation is 1. The monoisotopic (exact) mass is 230 g/mol. The summed E-state index contributed by atoms with van der Waals surface area (Å²) < 4.78 is 0. The van der Waals surface area contributed by atoms with Crippen molar-refractivity contribution in [2.45, 2.75) is 13.3 Å². The molecule has 1 unspecified atom stereocenters. The van der Waals surface area contributed by atoms with Crippen LogP contribution in [0.15, 0.2) is 12.3 Å². The molecule has 1 aromatic rings. The van der Waals surface area contributed by atoms with Gasteiger partial charge in [0.2, 0.25) is 0 Å². The van der Waals surface area contributed by atoms with Gasteiger partial charge in [-0.05, 0) is 44.5 Å². The lowest BCUT2D eigenvalue weighted by Crippen LogP contribution is -2.25. The van der Waals surface area contributed by atoms with Crippen LogP contribution in [0.2, 0.25) is 0 Å². The minimum absolute atomic E-state index is 0.661. The van der Waals surface area contributed by atoms with Crippen molar-refractivity contribution in [2.24, 2.45) is 5.92 Å². The maximum atomic E-state index is 9.20. The lowest BCUT2D eigenvalue weighted by atomic mass is 10.1. The van der Waals surface area contributed by atoms with Gasteiger partial charge in [-0.25, -0.2) is 4.98 Å². The zero-order chi connectivity index (χ0) is 12.3. The maximum absolute atomic E-state index is 9.20. The first-order valence-electron chi connectivity index (χ1n) is 6.01. The smallest absolute Gasteiger partial charge is 0.146 e. The van der Waals surface area contributed by atoms with E-state index in [0.717, 1.165) is 36.6 Å². The molecule has 17 heavy (non-hydrogen) atoms. The fraction of sp³-hybridized carbons (Fsp3) is 0.538. The van der Waals surface area contributed by atoms with Gasteiger partial charge in [0.15, 0.2) is 0 Å². The molecular weight excluding hydrogens is 212 g/mol. The third kappa shape index (κ3) is 2.40. The Morgan fingerprint density at radius 3 is 3.18 bits per heavy atom. The molecule has 4 heteroatoms. The molecule has 0 amide bonds. The Hall–Kier alpha value is -1.60. The third-order valence-corrected chi connectivity index (χ3v) is 3.33. The quantitative estimate of drug-likeness (QED) is 0.850. The van der Waals surface area contributed by atoms with Crippen LogP contribution in [0.4, 0.5) is 5.82 Å². The van der Waals surface area contributed by atoms with Gasteiger partial charge in [-0.3, -0.25) is 0 Å². The third-order valence-electron chi connectivity index (χ3n) is 3.33. The molecule has 1 aliphatic rings. The van der Waals surface area contributed by atoms with Crippen LogP contribution in [0, 0.1) is 24.2 Å². The summed E-state index contributed by atoms with van der Waals surface area (Å²) in [6.07, 6.45) is 2.96. The van der Waals surface area contributed by atoms with Crippen LogP contribution in [0.1, 0.15) is 17.5 Å². The van der Waals surface area contributed by atoms with Gasteiger partial charge in [-0.1, -0.05) is 0 Å². The molecule has 0 saturated carbocycles. The SMILES string of the molecule is CNCC1CCN(c2nccc(C)c2C#N)C1. The van der Waals surface area contributed by atoms with E-state index in [0.29, 0.717) is 5.92 Å². The van der Waals surface area contributed by atoms with E-state index in [1.165, 1.54) is 6.42 Å². The molecule has 0 bridgehead atoms. The summed E-state index contributed by atoms with van der Waals surface area (Å²) in [5, 5.41) is 12.4. The van der Waals surface area contributed by atoms with E-state index in [4.69, 9.17) is 0 Å². The van der Waals surface area contributed by atoms with Gasteiger partial charge < -0.3 is 10.2 Å². The first-order valence-corrected chi connectivity index (χ1v) is 6.01. The molecule has 90 valence electrons. The molecule has 1 aromatic heterocycles. The number of hydrogen-bond donors (Lipinski definition) is 1. The predicted octanol–water partition coefficient (Wildman–Crippen LogP) is 1.31. The van der Waals surface area contributed by atoms with Gasteiger partial charge in [-0.15, -0.1) is 0 Å². The number of anilines is 1. The summed E-state index contributed by atoms with van der Waals surface area (Å²) in [5.41, 5.74) is 1.73. The second-order valence-corrected chi connectivity index (χ2v) is 4.60. The minimum Gasteiger partial charge on any atom is -0.355 e. The molecule has 1 saturated heterocycles. The Balaban J connectivity index is 2.19. The van der Waals surface area contributed by atoms with Crippen LogP contribution in [0.25, 0.3) is 0 Å². The lowest BCUT2D eigenvalue weighted by molar-refractivity contribution is 0.549. The van der Waals surface area contributed by atoms with Crippen molar-refractivity contribution in [1.82, 2.24) is 10.3 Å². The van der Waals surface area contributed by atoms with E-state index in [1.807, 2.05) is 20.0 Å². The summed E-state index contributed by atoms with van der Waals surface area (Å²) in [4.78, 5) is 6.60. The van der Waals surface area contributed by atoms with Crippen LogP contribution in [0.3, 0.4) is 0 Å². The van der Waals surface area contributed by atoms with Crippen LogP contribution in [0.5, 0.6) is 0 Å². The number of hydrogen-bond acceptors (Lipinski definition) is 4. The second-order valence-electron chi connectivity index (χ2n) is 4.60. The van der Waals surface area contributed by atoms with Crippen LogP contribution in [-0.4, -0.2) is 31.7 Å². The van der Waals surface area contributed by atoms with E-state index < -0.39 is 0 Å². The molecule has 1 N–H and O–H groups in total. The highest BCUT2D eigenvalue weighted by molar-refractivity contribution is 5.57. The average molecular weight is 230 g/mol. The number of nitrogens with zero attached hydrogens (tertiary/aromatic N) is 3. The molecule has 1 atom stereocenters. The summed E-state index contributed by atoms with van der Waals surface area (Å²) in [6.45, 7) is 4.98. The van der Waals surface area contributed by atoms with Crippen LogP contribution in [-0.2, 0) is 0 Å². The largest absolute Gasteiger partial charge is 0.355 e. The zero-order valence-electron chi connectivity index (χ0n) is 10.4. The fourth-order valence-electron chi connectivity index (χ4n) is 2.40. The standard InChI is InChI=1S/C13H18N4/c1-10-3-5-16-13(12(10)7-14)17-6-4-11(9-17)8-15-2/h3,5,11,15H,4,6,8-9H2,1-2H3. The molecular formula is C13H18N4. The number of nitriles is 1. The first kappa shape index (κ1) is 11.9. The Morgan fingerprint density at radius 2 is 2.47 bits per heavy atom. The summed E-state index contributed by atoms with van der Waals surface area (Å²) >= 11 is 0. The molecule has 0 radical (unpaired) electrons. The van der Waals surface area contributed by atoms with Crippen molar-refractivity contribution in [1.29, 1.82) is 5.26 Å². The first-order chi connectivity index (χ1) is 8.26. The van der Waals surface area contributed by atoms with Crippen molar-refractivity contribution in [3.8, 4) is 6.07 Å². The maximum Gasteiger partial charge on any atom is 0.146 e. The molecule has 0 aromatic carbocycles. The number of nitrogens with one attached hydrogen (secondary N) is 1. The fourth-order valence-corrected chi connectivity index (χ4v) is 2.40. The van der Waals surface area contributed by atoms with Gasteiger partial charge in [-0.2, -0.15) is 5.26 Å². The normalized spacial score (nSPS) is 19.4. The van der Waals surface area contributed by atoms with Crippen molar-refractivity contribution < 1.29 is 0 Å².